The van der Waals surface area contributed by atoms with Crippen molar-refractivity contribution < 1.29 is 4.79 Å². The number of nitrogens with zero attached hydrogens (tertiary/aromatic N) is 5. The van der Waals surface area contributed by atoms with Gasteiger partial charge in [0.15, 0.2) is 0 Å². The quantitative estimate of drug-likeness (QED) is 0.563. The highest BCUT2D eigenvalue weighted by atomic mass is 32.1. The van der Waals surface area contributed by atoms with Crippen LogP contribution in [0.2, 0.25) is 0 Å². The van der Waals surface area contributed by atoms with Gasteiger partial charge in [0, 0.05) is 59.1 Å². The lowest BCUT2D eigenvalue weighted by Gasteiger charge is -2.38. The number of aryl methyl sites for hydroxylation is 2. The van der Waals surface area contributed by atoms with Crippen LogP contribution < -0.4 is 10.5 Å². The Labute approximate surface area is 204 Å². The second-order valence-electron chi connectivity index (χ2n) is 9.63. The van der Waals surface area contributed by atoms with Gasteiger partial charge in [-0.15, -0.1) is 11.3 Å². The van der Waals surface area contributed by atoms with Crippen molar-refractivity contribution in [2.24, 2.45) is 0 Å². The van der Waals surface area contributed by atoms with Crippen LogP contribution in [0.25, 0.3) is 10.2 Å². The highest BCUT2D eigenvalue weighted by Crippen LogP contribution is 2.31. The highest BCUT2D eigenvalue weighted by Gasteiger charge is 2.23. The molecule has 2 aliphatic rings. The number of thiophene rings is 1. The fourth-order valence-electron chi connectivity index (χ4n) is 5.24. The van der Waals surface area contributed by atoms with Crippen LogP contribution in [-0.4, -0.2) is 72.1 Å². The molecule has 5 rings (SSSR count). The van der Waals surface area contributed by atoms with Crippen molar-refractivity contribution in [1.82, 2.24) is 19.4 Å². The van der Waals surface area contributed by atoms with Crippen molar-refractivity contribution >= 4 is 33.1 Å². The Morgan fingerprint density at radius 2 is 1.85 bits per heavy atom. The van der Waals surface area contributed by atoms with Crippen LogP contribution in [0.5, 0.6) is 0 Å². The minimum absolute atomic E-state index is 0.0499. The number of benzene rings is 1. The maximum absolute atomic E-state index is 13.2. The van der Waals surface area contributed by atoms with Gasteiger partial charge in [0.25, 0.3) is 11.5 Å². The standard InChI is InChI=1S/C26H33N5O2S/c1-18-22-24(34-23(18)26(33)28(2)3)27-17-31(25(22)32)16-13-29-11-14-30(15-12-29)21-10-6-8-19-7-4-5-9-20(19)21/h6,8,10,17H,4-5,7,9,11-16H2,1-3H3. The summed E-state index contributed by atoms with van der Waals surface area (Å²) in [6, 6.07) is 6.80. The molecule has 0 N–H and O–H groups in total. The van der Waals surface area contributed by atoms with E-state index in [-0.39, 0.29) is 11.5 Å². The Bertz CT molecular complexity index is 1270. The molecule has 7 nitrogen and oxygen atoms in total. The van der Waals surface area contributed by atoms with Crippen LogP contribution >= 0.6 is 11.3 Å². The molecule has 180 valence electrons. The Kier molecular flexibility index (Phi) is 6.44. The van der Waals surface area contributed by atoms with E-state index in [0.29, 0.717) is 21.6 Å². The first-order chi connectivity index (χ1) is 16.4. The second-order valence-corrected chi connectivity index (χ2v) is 10.6. The van der Waals surface area contributed by atoms with E-state index in [0.717, 1.165) is 38.3 Å². The minimum atomic E-state index is -0.0796. The molecule has 1 fully saturated rings. The Morgan fingerprint density at radius 3 is 2.62 bits per heavy atom. The second kappa shape index (κ2) is 9.50. The van der Waals surface area contributed by atoms with Crippen molar-refractivity contribution in [1.29, 1.82) is 0 Å². The maximum atomic E-state index is 13.2. The van der Waals surface area contributed by atoms with Crippen LogP contribution in [-0.2, 0) is 19.4 Å². The van der Waals surface area contributed by atoms with Crippen molar-refractivity contribution in [2.45, 2.75) is 39.2 Å². The lowest BCUT2D eigenvalue weighted by atomic mass is 9.90. The van der Waals surface area contributed by atoms with E-state index in [1.54, 1.807) is 35.5 Å². The SMILES string of the molecule is Cc1c(C(=O)N(C)C)sc2ncn(CCN3CCN(c4cccc5c4CCCC5)CC3)c(=O)c12. The van der Waals surface area contributed by atoms with Crippen molar-refractivity contribution in [3.8, 4) is 0 Å². The predicted molar refractivity (Wildman–Crippen MR) is 138 cm³/mol. The summed E-state index contributed by atoms with van der Waals surface area (Å²) in [6.07, 6.45) is 6.66. The molecule has 1 amide bonds. The Balaban J connectivity index is 1.25. The molecule has 34 heavy (non-hydrogen) atoms. The van der Waals surface area contributed by atoms with Crippen molar-refractivity contribution in [3.63, 3.8) is 0 Å². The number of fused-ring (bicyclic) bond motifs is 2. The molecule has 1 saturated heterocycles. The topological polar surface area (TPSA) is 61.7 Å². The molecule has 0 spiro atoms. The van der Waals surface area contributed by atoms with Crippen LogP contribution in [0, 0.1) is 6.92 Å². The van der Waals surface area contributed by atoms with Gasteiger partial charge in [0.1, 0.15) is 4.83 Å². The highest BCUT2D eigenvalue weighted by molar-refractivity contribution is 7.20. The smallest absolute Gasteiger partial charge is 0.263 e. The van der Waals surface area contributed by atoms with E-state index < -0.39 is 0 Å². The van der Waals surface area contributed by atoms with Crippen LogP contribution in [0.3, 0.4) is 0 Å². The number of hydrogen-bond donors (Lipinski definition) is 0. The summed E-state index contributed by atoms with van der Waals surface area (Å²) in [6.45, 7) is 7.30. The number of aromatic nitrogens is 2. The summed E-state index contributed by atoms with van der Waals surface area (Å²) in [5.41, 5.74) is 5.22. The third-order valence-electron chi connectivity index (χ3n) is 7.26. The van der Waals surface area contributed by atoms with Crippen molar-refractivity contribution in [3.05, 3.63) is 56.4 Å². The first kappa shape index (κ1) is 23.1. The summed E-state index contributed by atoms with van der Waals surface area (Å²) in [7, 11) is 3.45. The van der Waals surface area contributed by atoms with Gasteiger partial charge in [0.05, 0.1) is 16.6 Å². The van der Waals surface area contributed by atoms with Crippen LogP contribution in [0.15, 0.2) is 29.3 Å². The van der Waals surface area contributed by atoms with E-state index in [2.05, 4.69) is 33.0 Å². The molecule has 2 aromatic heterocycles. The van der Waals surface area contributed by atoms with Gasteiger partial charge in [0.2, 0.25) is 0 Å². The van der Waals surface area contributed by atoms with Gasteiger partial charge in [-0.05, 0) is 55.4 Å². The lowest BCUT2D eigenvalue weighted by Crippen LogP contribution is -2.48. The normalized spacial score (nSPS) is 16.6. The Hall–Kier alpha value is -2.71. The number of carbonyl (C=O) groups excluding carboxylic acids is 1. The number of hydrogen-bond acceptors (Lipinski definition) is 6. The third kappa shape index (κ3) is 4.25. The van der Waals surface area contributed by atoms with E-state index in [1.807, 2.05) is 6.92 Å². The summed E-state index contributed by atoms with van der Waals surface area (Å²) >= 11 is 1.31. The molecule has 1 aliphatic heterocycles. The average Bonchev–Trinajstić information content (AvgIpc) is 3.20. The number of amides is 1. The fourth-order valence-corrected chi connectivity index (χ4v) is 6.41. The van der Waals surface area contributed by atoms with E-state index >= 15 is 0 Å². The monoisotopic (exact) mass is 479 g/mol. The van der Waals surface area contributed by atoms with Crippen LogP contribution in [0.4, 0.5) is 5.69 Å². The van der Waals surface area contributed by atoms with E-state index in [1.165, 1.54) is 48.3 Å². The summed E-state index contributed by atoms with van der Waals surface area (Å²) in [4.78, 5) is 37.9. The molecule has 3 aromatic rings. The van der Waals surface area contributed by atoms with Gasteiger partial charge in [-0.2, -0.15) is 0 Å². The molecule has 0 bridgehead atoms. The number of carbonyl (C=O) groups is 1. The molecule has 0 unspecified atom stereocenters. The zero-order valence-electron chi connectivity index (χ0n) is 20.3. The molecule has 3 heterocycles. The number of piperazine rings is 1. The molecule has 0 atom stereocenters. The third-order valence-corrected chi connectivity index (χ3v) is 8.45. The molecule has 1 aromatic carbocycles. The average molecular weight is 480 g/mol. The summed E-state index contributed by atoms with van der Waals surface area (Å²) in [5, 5.41) is 0.580. The molecule has 0 saturated carbocycles. The predicted octanol–water partition coefficient (Wildman–Crippen LogP) is 3.17. The zero-order chi connectivity index (χ0) is 23.8. The number of anilines is 1. The molecule has 8 heteroatoms. The lowest BCUT2D eigenvalue weighted by molar-refractivity contribution is 0.0831. The molecular formula is C26H33N5O2S. The molecular weight excluding hydrogens is 446 g/mol. The van der Waals surface area contributed by atoms with Crippen molar-refractivity contribution in [2.75, 3.05) is 51.7 Å². The molecule has 1 aliphatic carbocycles. The van der Waals surface area contributed by atoms with Gasteiger partial charge in [-0.3, -0.25) is 19.1 Å². The van der Waals surface area contributed by atoms with Gasteiger partial charge in [-0.1, -0.05) is 12.1 Å². The number of rotatable bonds is 5. The fraction of sp³-hybridized carbons (Fsp3) is 0.500. The summed E-state index contributed by atoms with van der Waals surface area (Å²) in [5.74, 6) is -0.0796. The first-order valence-corrected chi connectivity index (χ1v) is 13.0. The van der Waals surface area contributed by atoms with E-state index in [9.17, 15) is 9.59 Å². The first-order valence-electron chi connectivity index (χ1n) is 12.2. The Morgan fingerprint density at radius 1 is 1.09 bits per heavy atom. The molecule has 0 radical (unpaired) electrons. The maximum Gasteiger partial charge on any atom is 0.263 e. The van der Waals surface area contributed by atoms with Crippen LogP contribution in [0.1, 0.15) is 39.2 Å². The zero-order valence-corrected chi connectivity index (χ0v) is 21.2. The van der Waals surface area contributed by atoms with E-state index in [4.69, 9.17) is 0 Å². The van der Waals surface area contributed by atoms with Gasteiger partial charge in [-0.25, -0.2) is 4.98 Å². The minimum Gasteiger partial charge on any atom is -0.369 e. The summed E-state index contributed by atoms with van der Waals surface area (Å²) < 4.78 is 1.70. The van der Waals surface area contributed by atoms with Gasteiger partial charge < -0.3 is 9.80 Å². The largest absolute Gasteiger partial charge is 0.369 e. The van der Waals surface area contributed by atoms with Gasteiger partial charge >= 0.3 is 0 Å².